The first-order chi connectivity index (χ1) is 18.8. The predicted molar refractivity (Wildman–Crippen MR) is 153 cm³/mol. The Bertz CT molecular complexity index is 1270. The van der Waals surface area contributed by atoms with Crippen LogP contribution in [-0.2, 0) is 25.7 Å². The molecule has 0 radical (unpaired) electrons. The van der Waals surface area contributed by atoms with Crippen molar-refractivity contribution in [1.82, 2.24) is 4.90 Å². The average Bonchev–Trinajstić information content (AvgIpc) is 2.89. The van der Waals surface area contributed by atoms with Crippen molar-refractivity contribution in [3.8, 4) is 5.75 Å². The lowest BCUT2D eigenvalue weighted by atomic mass is 9.92. The molecule has 1 heterocycles. The fourth-order valence-corrected chi connectivity index (χ4v) is 5.82. The number of non-ortho nitro benzene ring substituents is 1. The minimum Gasteiger partial charge on any atom is -0.456 e. The largest absolute Gasteiger partial charge is 0.456 e. The lowest BCUT2D eigenvalue weighted by Crippen LogP contribution is -2.63. The summed E-state index contributed by atoms with van der Waals surface area (Å²) in [6, 6.07) is 14.0. The zero-order valence-electron chi connectivity index (χ0n) is 22.9. The molecular formula is C28H32N2O8S2. The second-order valence-electron chi connectivity index (χ2n) is 10.0. The van der Waals surface area contributed by atoms with Gasteiger partial charge in [-0.25, -0.2) is 4.79 Å². The Morgan fingerprint density at radius 2 is 1.75 bits per heavy atom. The normalized spacial score (nSPS) is 18.4. The van der Waals surface area contributed by atoms with Gasteiger partial charge in [-0.2, -0.15) is 0 Å². The van der Waals surface area contributed by atoms with Gasteiger partial charge in [0.2, 0.25) is 11.0 Å². The number of rotatable bonds is 11. The molecule has 40 heavy (non-hydrogen) atoms. The van der Waals surface area contributed by atoms with E-state index in [1.807, 2.05) is 6.92 Å². The van der Waals surface area contributed by atoms with E-state index in [0.29, 0.717) is 28.8 Å². The molecule has 1 saturated heterocycles. The van der Waals surface area contributed by atoms with Crippen molar-refractivity contribution in [2.24, 2.45) is 11.3 Å². The van der Waals surface area contributed by atoms with Gasteiger partial charge < -0.3 is 14.6 Å². The summed E-state index contributed by atoms with van der Waals surface area (Å²) in [6.45, 7) is 8.33. The Labute approximate surface area is 241 Å². The van der Waals surface area contributed by atoms with Gasteiger partial charge in [-0.3, -0.25) is 24.6 Å². The number of β-lactam (4-membered cyclic amide) rings is 1. The van der Waals surface area contributed by atoms with Gasteiger partial charge in [-0.15, -0.1) is 11.8 Å². The Hall–Kier alpha value is -3.35. The third kappa shape index (κ3) is 7.43. The molecule has 2 aromatic carbocycles. The number of aliphatic hydroxyl groups excluding tert-OH is 1. The molecule has 1 N–H and O–H groups in total. The van der Waals surface area contributed by atoms with Crippen molar-refractivity contribution in [2.75, 3.05) is 5.75 Å². The standard InChI is InChI=1S/C28H32N2O8S2/c1-6-39-24-21(17(2)31)23(32)29(24)22(25(33)37-16-18-12-14-19(15-13-18)30(35)36)26(40-27(34)28(3,4)5)38-20-10-8-7-9-11-20/h7-15,17,21,24,31H,6,16H2,1-5H3/t17-,21+,24-/m1/s1. The maximum Gasteiger partial charge on any atom is 0.359 e. The highest BCUT2D eigenvalue weighted by Gasteiger charge is 2.54. The Kier molecular flexibility index (Phi) is 10.4. The summed E-state index contributed by atoms with van der Waals surface area (Å²) in [7, 11) is 0. The number of ether oxygens (including phenoxy) is 2. The summed E-state index contributed by atoms with van der Waals surface area (Å²) in [5, 5.41) is 20.2. The van der Waals surface area contributed by atoms with Gasteiger partial charge in [0.15, 0.2) is 10.8 Å². The number of nitro groups is 1. The number of amides is 1. The van der Waals surface area contributed by atoms with Gasteiger partial charge >= 0.3 is 5.97 Å². The molecule has 3 rings (SSSR count). The van der Waals surface area contributed by atoms with E-state index in [4.69, 9.17) is 9.47 Å². The van der Waals surface area contributed by atoms with Crippen molar-refractivity contribution in [1.29, 1.82) is 0 Å². The monoisotopic (exact) mass is 588 g/mol. The van der Waals surface area contributed by atoms with Crippen LogP contribution in [0.1, 0.15) is 40.2 Å². The van der Waals surface area contributed by atoms with E-state index in [1.54, 1.807) is 51.1 Å². The van der Waals surface area contributed by atoms with Crippen LogP contribution in [0.4, 0.5) is 5.69 Å². The van der Waals surface area contributed by atoms with E-state index in [2.05, 4.69) is 0 Å². The topological polar surface area (TPSA) is 136 Å². The van der Waals surface area contributed by atoms with E-state index in [-0.39, 0.29) is 28.2 Å². The number of para-hydroxylation sites is 1. The van der Waals surface area contributed by atoms with Crippen molar-refractivity contribution in [2.45, 2.75) is 52.7 Å². The molecule has 1 fully saturated rings. The highest BCUT2D eigenvalue weighted by Crippen LogP contribution is 2.43. The number of thioether (sulfide) groups is 2. The molecule has 1 aliphatic rings. The van der Waals surface area contributed by atoms with Crippen LogP contribution in [0.15, 0.2) is 65.4 Å². The molecule has 0 spiro atoms. The molecule has 12 heteroatoms. The molecule has 214 valence electrons. The number of carbonyl (C=O) groups is 3. The smallest absolute Gasteiger partial charge is 0.359 e. The third-order valence-electron chi connectivity index (χ3n) is 5.84. The molecule has 10 nitrogen and oxygen atoms in total. The first-order valence-electron chi connectivity index (χ1n) is 12.6. The number of carbonyl (C=O) groups excluding carboxylic acids is 3. The number of benzene rings is 2. The van der Waals surface area contributed by atoms with Crippen LogP contribution in [0.25, 0.3) is 0 Å². The van der Waals surface area contributed by atoms with Crippen molar-refractivity contribution < 1.29 is 33.9 Å². The number of esters is 1. The van der Waals surface area contributed by atoms with Gasteiger partial charge in [-0.1, -0.05) is 45.9 Å². The molecule has 1 aliphatic heterocycles. The number of likely N-dealkylation sites (tertiary alicyclic amines) is 1. The maximum atomic E-state index is 13.7. The van der Waals surface area contributed by atoms with Crippen molar-refractivity contribution in [3.05, 3.63) is 81.1 Å². The summed E-state index contributed by atoms with van der Waals surface area (Å²) < 4.78 is 11.6. The van der Waals surface area contributed by atoms with Crippen LogP contribution in [0.3, 0.4) is 0 Å². The van der Waals surface area contributed by atoms with E-state index >= 15 is 0 Å². The van der Waals surface area contributed by atoms with Gasteiger partial charge in [0.25, 0.3) is 5.69 Å². The van der Waals surface area contributed by atoms with Crippen LogP contribution < -0.4 is 4.74 Å². The molecule has 3 atom stereocenters. The van der Waals surface area contributed by atoms with E-state index in [0.717, 1.165) is 0 Å². The fourth-order valence-electron chi connectivity index (χ4n) is 3.68. The van der Waals surface area contributed by atoms with E-state index in [9.17, 15) is 29.6 Å². The molecule has 0 saturated carbocycles. The number of hydrogen-bond acceptors (Lipinski definition) is 10. The van der Waals surface area contributed by atoms with Crippen molar-refractivity contribution in [3.63, 3.8) is 0 Å². The molecule has 0 bridgehead atoms. The Morgan fingerprint density at radius 1 is 1.12 bits per heavy atom. The summed E-state index contributed by atoms with van der Waals surface area (Å²) in [5.74, 6) is -1.25. The lowest BCUT2D eigenvalue weighted by Gasteiger charge is -2.48. The third-order valence-corrected chi connectivity index (χ3v) is 8.28. The summed E-state index contributed by atoms with van der Waals surface area (Å²) in [6.07, 6.45) is -0.965. The molecular weight excluding hydrogens is 556 g/mol. The van der Waals surface area contributed by atoms with Gasteiger partial charge in [-0.05, 0) is 54.3 Å². The number of nitro benzene ring substituents is 1. The SMILES string of the molecule is CCS[C@@H]1[C@@H]([C@@H](C)O)C(=O)N1C(C(=O)OCc1ccc([N+](=O)[O-])cc1)=C(Oc1ccccc1)SC(=O)C(C)(C)C. The molecule has 0 unspecified atom stereocenters. The van der Waals surface area contributed by atoms with Crippen LogP contribution in [0, 0.1) is 21.4 Å². The van der Waals surface area contributed by atoms with Crippen LogP contribution in [0.5, 0.6) is 5.75 Å². The highest BCUT2D eigenvalue weighted by molar-refractivity contribution is 8.16. The summed E-state index contributed by atoms with van der Waals surface area (Å²) in [4.78, 5) is 51.9. The highest BCUT2D eigenvalue weighted by atomic mass is 32.2. The first-order valence-corrected chi connectivity index (χ1v) is 14.4. The first kappa shape index (κ1) is 31.2. The zero-order valence-corrected chi connectivity index (χ0v) is 24.5. The molecule has 2 aromatic rings. The second-order valence-corrected chi connectivity index (χ2v) is 12.4. The summed E-state index contributed by atoms with van der Waals surface area (Å²) >= 11 is 2.06. The molecule has 0 aliphatic carbocycles. The molecule has 1 amide bonds. The Balaban J connectivity index is 2.07. The lowest BCUT2D eigenvalue weighted by molar-refractivity contribution is -0.384. The number of aliphatic hydroxyl groups is 1. The van der Waals surface area contributed by atoms with Crippen LogP contribution in [0.2, 0.25) is 0 Å². The van der Waals surface area contributed by atoms with Gasteiger partial charge in [0, 0.05) is 17.5 Å². The van der Waals surface area contributed by atoms with Crippen molar-refractivity contribution >= 4 is 46.2 Å². The fraction of sp³-hybridized carbons (Fsp3) is 0.393. The number of hydrogen-bond donors (Lipinski definition) is 1. The van der Waals surface area contributed by atoms with E-state index in [1.165, 1.54) is 47.9 Å². The zero-order chi connectivity index (χ0) is 29.6. The quantitative estimate of drug-likeness (QED) is 0.0942. The minimum absolute atomic E-state index is 0.110. The molecule has 0 aromatic heterocycles. The van der Waals surface area contributed by atoms with Gasteiger partial charge in [0.05, 0.1) is 22.3 Å². The average molecular weight is 589 g/mol. The predicted octanol–water partition coefficient (Wildman–Crippen LogP) is 5.11. The summed E-state index contributed by atoms with van der Waals surface area (Å²) in [5.41, 5.74) is -0.677. The second kappa shape index (κ2) is 13.3. The maximum absolute atomic E-state index is 13.7. The van der Waals surface area contributed by atoms with Gasteiger partial charge in [0.1, 0.15) is 12.4 Å². The van der Waals surface area contributed by atoms with Crippen LogP contribution >= 0.6 is 23.5 Å². The van der Waals surface area contributed by atoms with E-state index < -0.39 is 39.6 Å². The Morgan fingerprint density at radius 3 is 2.27 bits per heavy atom. The minimum atomic E-state index is -0.965. The number of nitrogens with zero attached hydrogens (tertiary/aromatic N) is 2. The van der Waals surface area contributed by atoms with Crippen LogP contribution in [-0.4, -0.2) is 49.2 Å².